The SMILES string of the molecule is CCCCCn1nc(C(=O)NNC(=O)c2cn3ccc(C)cc3n2)c2ccccc2c1=O. The minimum atomic E-state index is -0.613. The Bertz CT molecular complexity index is 1370. The van der Waals surface area contributed by atoms with Gasteiger partial charge in [0.15, 0.2) is 5.69 Å². The van der Waals surface area contributed by atoms with Crippen molar-refractivity contribution in [2.24, 2.45) is 0 Å². The number of carbonyl (C=O) groups is 2. The lowest BCUT2D eigenvalue weighted by atomic mass is 10.1. The summed E-state index contributed by atoms with van der Waals surface area (Å²) in [6, 6.07) is 10.6. The highest BCUT2D eigenvalue weighted by atomic mass is 16.2. The molecule has 0 fully saturated rings. The fraction of sp³-hybridized carbons (Fsp3) is 0.261. The number of nitrogens with one attached hydrogen (secondary N) is 2. The van der Waals surface area contributed by atoms with Gasteiger partial charge in [-0.05, 0) is 37.1 Å². The van der Waals surface area contributed by atoms with Crippen LogP contribution in [-0.4, -0.2) is 31.0 Å². The normalized spacial score (nSPS) is 11.1. The Morgan fingerprint density at radius 2 is 1.78 bits per heavy atom. The molecule has 2 amide bonds. The second-order valence-corrected chi connectivity index (χ2v) is 7.63. The number of nitrogens with zero attached hydrogens (tertiary/aromatic N) is 4. The van der Waals surface area contributed by atoms with Gasteiger partial charge in [-0.15, -0.1) is 0 Å². The number of hydrazine groups is 1. The van der Waals surface area contributed by atoms with Crippen molar-refractivity contribution in [1.82, 2.24) is 30.0 Å². The molecule has 164 valence electrons. The molecule has 0 aliphatic heterocycles. The predicted molar refractivity (Wildman–Crippen MR) is 120 cm³/mol. The van der Waals surface area contributed by atoms with E-state index in [1.807, 2.05) is 25.3 Å². The first-order valence-electron chi connectivity index (χ1n) is 10.5. The third kappa shape index (κ3) is 4.22. The van der Waals surface area contributed by atoms with E-state index in [0.717, 1.165) is 24.8 Å². The molecule has 4 aromatic rings. The second kappa shape index (κ2) is 9.01. The molecule has 2 N–H and O–H groups in total. The molecule has 9 heteroatoms. The van der Waals surface area contributed by atoms with Crippen LogP contribution in [0.4, 0.5) is 0 Å². The summed E-state index contributed by atoms with van der Waals surface area (Å²) in [4.78, 5) is 42.4. The zero-order valence-electron chi connectivity index (χ0n) is 18.0. The van der Waals surface area contributed by atoms with E-state index in [4.69, 9.17) is 0 Å². The maximum atomic E-state index is 12.9. The highest BCUT2D eigenvalue weighted by molar-refractivity contribution is 6.05. The zero-order chi connectivity index (χ0) is 22.7. The molecule has 32 heavy (non-hydrogen) atoms. The fourth-order valence-electron chi connectivity index (χ4n) is 3.50. The molecule has 4 rings (SSSR count). The number of aryl methyl sites for hydroxylation is 2. The Morgan fingerprint density at radius 1 is 1.03 bits per heavy atom. The average Bonchev–Trinajstić information content (AvgIpc) is 3.22. The largest absolute Gasteiger partial charge is 0.306 e. The number of amides is 2. The van der Waals surface area contributed by atoms with Crippen LogP contribution in [0.5, 0.6) is 0 Å². The Hall–Kier alpha value is -4.01. The lowest BCUT2D eigenvalue weighted by molar-refractivity contribution is 0.0841. The highest BCUT2D eigenvalue weighted by Gasteiger charge is 2.18. The molecule has 0 unspecified atom stereocenters. The van der Waals surface area contributed by atoms with E-state index < -0.39 is 11.8 Å². The Morgan fingerprint density at radius 3 is 2.56 bits per heavy atom. The molecule has 1 aromatic carbocycles. The third-order valence-corrected chi connectivity index (χ3v) is 5.19. The number of carbonyl (C=O) groups excluding carboxylic acids is 2. The van der Waals surface area contributed by atoms with Crippen LogP contribution in [-0.2, 0) is 6.54 Å². The van der Waals surface area contributed by atoms with Crippen LogP contribution in [0.15, 0.2) is 53.6 Å². The topological polar surface area (TPSA) is 110 Å². The number of unbranched alkanes of at least 4 members (excludes halogenated alkanes) is 2. The third-order valence-electron chi connectivity index (χ3n) is 5.19. The Kier molecular flexibility index (Phi) is 5.98. The molecule has 9 nitrogen and oxygen atoms in total. The minimum Gasteiger partial charge on any atom is -0.306 e. The van der Waals surface area contributed by atoms with Gasteiger partial charge in [-0.25, -0.2) is 9.67 Å². The number of fused-ring (bicyclic) bond motifs is 2. The Balaban J connectivity index is 1.56. The van der Waals surface area contributed by atoms with E-state index in [1.165, 1.54) is 4.68 Å². The second-order valence-electron chi connectivity index (χ2n) is 7.63. The summed E-state index contributed by atoms with van der Waals surface area (Å²) in [6.07, 6.45) is 6.14. The van der Waals surface area contributed by atoms with Crippen molar-refractivity contribution in [3.05, 3.63) is 76.1 Å². The van der Waals surface area contributed by atoms with E-state index in [2.05, 4.69) is 27.9 Å². The number of pyridine rings is 1. The van der Waals surface area contributed by atoms with Crippen LogP contribution in [0.1, 0.15) is 52.7 Å². The van der Waals surface area contributed by atoms with Crippen molar-refractivity contribution < 1.29 is 9.59 Å². The molecule has 3 aromatic heterocycles. The number of hydrogen-bond acceptors (Lipinski definition) is 5. The summed E-state index contributed by atoms with van der Waals surface area (Å²) in [5.41, 5.74) is 6.43. The Labute approximate surface area is 184 Å². The van der Waals surface area contributed by atoms with Crippen molar-refractivity contribution in [2.75, 3.05) is 0 Å². The molecule has 0 bridgehead atoms. The van der Waals surface area contributed by atoms with E-state index in [0.29, 0.717) is 23.0 Å². The molecular weight excluding hydrogens is 408 g/mol. The zero-order valence-corrected chi connectivity index (χ0v) is 18.0. The smallest absolute Gasteiger partial charge is 0.290 e. The summed E-state index contributed by atoms with van der Waals surface area (Å²) >= 11 is 0. The van der Waals surface area contributed by atoms with Crippen LogP contribution in [0.2, 0.25) is 0 Å². The van der Waals surface area contributed by atoms with Gasteiger partial charge in [-0.2, -0.15) is 5.10 Å². The summed E-state index contributed by atoms with van der Waals surface area (Å²) in [6.45, 7) is 4.43. The van der Waals surface area contributed by atoms with Crippen molar-refractivity contribution >= 4 is 28.2 Å². The summed E-state index contributed by atoms with van der Waals surface area (Å²) in [7, 11) is 0. The van der Waals surface area contributed by atoms with Gasteiger partial charge in [0, 0.05) is 24.3 Å². The van der Waals surface area contributed by atoms with Gasteiger partial charge in [0.1, 0.15) is 11.3 Å². The molecule has 0 aliphatic carbocycles. The molecule has 0 saturated carbocycles. The van der Waals surface area contributed by atoms with Crippen LogP contribution < -0.4 is 16.4 Å². The minimum absolute atomic E-state index is 0.0719. The number of rotatable bonds is 6. The molecular formula is C23H24N6O3. The summed E-state index contributed by atoms with van der Waals surface area (Å²) in [5.74, 6) is -1.17. The van der Waals surface area contributed by atoms with Gasteiger partial charge < -0.3 is 4.40 Å². The van der Waals surface area contributed by atoms with Gasteiger partial charge in [0.05, 0.1) is 5.39 Å². The predicted octanol–water partition coefficient (Wildman–Crippen LogP) is 2.62. The molecule has 0 aliphatic rings. The van der Waals surface area contributed by atoms with Gasteiger partial charge in [0.25, 0.3) is 17.4 Å². The van der Waals surface area contributed by atoms with Gasteiger partial charge in [0.2, 0.25) is 0 Å². The number of hydrogen-bond donors (Lipinski definition) is 2. The lowest BCUT2D eigenvalue weighted by Gasteiger charge is -2.11. The van der Waals surface area contributed by atoms with Crippen molar-refractivity contribution in [3.8, 4) is 0 Å². The van der Waals surface area contributed by atoms with Gasteiger partial charge in [-0.3, -0.25) is 25.2 Å². The van der Waals surface area contributed by atoms with Gasteiger partial charge in [-0.1, -0.05) is 38.0 Å². The van der Waals surface area contributed by atoms with Crippen LogP contribution in [0.25, 0.3) is 16.4 Å². The first-order valence-corrected chi connectivity index (χ1v) is 10.5. The maximum absolute atomic E-state index is 12.9. The maximum Gasteiger partial charge on any atom is 0.290 e. The molecule has 3 heterocycles. The van der Waals surface area contributed by atoms with Gasteiger partial charge >= 0.3 is 0 Å². The van der Waals surface area contributed by atoms with Crippen LogP contribution in [0, 0.1) is 6.92 Å². The standard InChI is InChI=1S/C23H24N6O3/c1-3-4-7-11-29-23(32)17-9-6-5-8-16(17)20(27-29)22(31)26-25-21(30)18-14-28-12-10-15(2)13-19(28)24-18/h5-6,8-10,12-14H,3-4,7,11H2,1-2H3,(H,25,30)(H,26,31). The molecule has 0 radical (unpaired) electrons. The first-order chi connectivity index (χ1) is 15.5. The number of aromatic nitrogens is 4. The quantitative estimate of drug-likeness (QED) is 0.359. The van der Waals surface area contributed by atoms with E-state index in [-0.39, 0.29) is 16.9 Å². The molecule has 0 saturated heterocycles. The highest BCUT2D eigenvalue weighted by Crippen LogP contribution is 2.13. The number of imidazole rings is 1. The first kappa shape index (κ1) is 21.2. The van der Waals surface area contributed by atoms with Crippen molar-refractivity contribution in [1.29, 1.82) is 0 Å². The fourth-order valence-corrected chi connectivity index (χ4v) is 3.50. The summed E-state index contributed by atoms with van der Waals surface area (Å²) < 4.78 is 3.05. The van der Waals surface area contributed by atoms with Crippen LogP contribution in [0.3, 0.4) is 0 Å². The lowest BCUT2D eigenvalue weighted by Crippen LogP contribution is -2.43. The number of benzene rings is 1. The van der Waals surface area contributed by atoms with Crippen LogP contribution >= 0.6 is 0 Å². The van der Waals surface area contributed by atoms with E-state index in [9.17, 15) is 14.4 Å². The molecule has 0 atom stereocenters. The van der Waals surface area contributed by atoms with Crippen molar-refractivity contribution in [3.63, 3.8) is 0 Å². The molecule has 0 spiro atoms. The average molecular weight is 432 g/mol. The summed E-state index contributed by atoms with van der Waals surface area (Å²) in [5, 5.41) is 5.13. The monoisotopic (exact) mass is 432 g/mol. The van der Waals surface area contributed by atoms with E-state index >= 15 is 0 Å². The van der Waals surface area contributed by atoms with E-state index in [1.54, 1.807) is 34.9 Å². The van der Waals surface area contributed by atoms with Crippen molar-refractivity contribution in [2.45, 2.75) is 39.7 Å².